The number of ether oxygens (including phenoxy) is 1. The van der Waals surface area contributed by atoms with Crippen molar-refractivity contribution in [3.63, 3.8) is 0 Å². The maximum absolute atomic E-state index is 12.3. The lowest BCUT2D eigenvalue weighted by atomic mass is 9.89. The molecule has 0 spiro atoms. The molecule has 2 amide bonds. The lowest BCUT2D eigenvalue weighted by Gasteiger charge is -2.45. The minimum atomic E-state index is -0.144. The third kappa shape index (κ3) is 3.92. The van der Waals surface area contributed by atoms with Gasteiger partial charge in [-0.3, -0.25) is 14.6 Å². The fraction of sp³-hybridized carbons (Fsp3) is 0.722. The molecule has 0 radical (unpaired) electrons. The van der Waals surface area contributed by atoms with Crippen LogP contribution in [0.5, 0.6) is 0 Å². The summed E-state index contributed by atoms with van der Waals surface area (Å²) in [5.74, 6) is -0.0505. The van der Waals surface area contributed by atoms with Crippen LogP contribution in [0.4, 0.5) is 0 Å². The van der Waals surface area contributed by atoms with Crippen LogP contribution in [0.15, 0.2) is 11.7 Å². The third-order valence-electron chi connectivity index (χ3n) is 5.84. The van der Waals surface area contributed by atoms with Crippen LogP contribution in [0.1, 0.15) is 41.8 Å². The number of nitrogens with zero attached hydrogens (tertiary/aromatic N) is 3. The number of likely N-dealkylation sites (tertiary alicyclic amines) is 1. The molecule has 1 saturated carbocycles. The molecule has 142 valence electrons. The Morgan fingerprint density at radius 1 is 1.27 bits per heavy atom. The van der Waals surface area contributed by atoms with Crippen LogP contribution < -0.4 is 5.32 Å². The zero-order valence-electron chi connectivity index (χ0n) is 14.9. The van der Waals surface area contributed by atoms with Gasteiger partial charge in [-0.1, -0.05) is 6.42 Å². The number of carbonyl (C=O) groups is 2. The van der Waals surface area contributed by atoms with Gasteiger partial charge in [-0.15, -0.1) is 11.3 Å². The van der Waals surface area contributed by atoms with E-state index in [2.05, 4.69) is 15.2 Å². The summed E-state index contributed by atoms with van der Waals surface area (Å²) in [5.41, 5.74) is 1.64. The van der Waals surface area contributed by atoms with Gasteiger partial charge < -0.3 is 19.9 Å². The third-order valence-corrected chi connectivity index (χ3v) is 6.61. The number of morpholine rings is 1. The van der Waals surface area contributed by atoms with Crippen LogP contribution in [0.2, 0.25) is 0 Å². The summed E-state index contributed by atoms with van der Waals surface area (Å²) in [5, 5.41) is 2.89. The topological polar surface area (TPSA) is 74.8 Å². The second kappa shape index (κ2) is 8.02. The summed E-state index contributed by atoms with van der Waals surface area (Å²) >= 11 is 1.32. The highest BCUT2D eigenvalue weighted by Crippen LogP contribution is 2.29. The highest BCUT2D eigenvalue weighted by atomic mass is 32.1. The zero-order chi connectivity index (χ0) is 17.9. The average molecular weight is 378 g/mol. The van der Waals surface area contributed by atoms with Crippen LogP contribution in [-0.4, -0.2) is 77.6 Å². The number of aromatic nitrogens is 1. The average Bonchev–Trinajstić information content (AvgIpc) is 3.15. The molecular weight excluding hydrogens is 352 g/mol. The monoisotopic (exact) mass is 378 g/mol. The molecular formula is C18H26N4O3S. The van der Waals surface area contributed by atoms with Crippen LogP contribution in [0.25, 0.3) is 0 Å². The first kappa shape index (κ1) is 17.9. The van der Waals surface area contributed by atoms with Crippen molar-refractivity contribution in [3.05, 3.63) is 16.6 Å². The standard InChI is InChI=1S/C18H26N4O3S/c23-17-11-25-15(8-20-18(24)16-9-19-12-26-16)10-22(17)14-4-6-21(7-5-14)13-2-1-3-13/h9,12-15H,1-8,10-11H2,(H,20,24)/t15-/m1/s1. The number of amides is 2. The van der Waals surface area contributed by atoms with Gasteiger partial charge in [0.15, 0.2) is 0 Å². The van der Waals surface area contributed by atoms with E-state index in [1.807, 2.05) is 4.90 Å². The molecule has 4 rings (SSSR count). The molecule has 3 aliphatic rings. The Morgan fingerprint density at radius 2 is 2.08 bits per heavy atom. The van der Waals surface area contributed by atoms with Crippen molar-refractivity contribution in [1.82, 2.24) is 20.1 Å². The minimum absolute atomic E-state index is 0.0807. The maximum atomic E-state index is 12.3. The number of rotatable bonds is 5. The van der Waals surface area contributed by atoms with Crippen molar-refractivity contribution in [1.29, 1.82) is 0 Å². The Kier molecular flexibility index (Phi) is 5.52. The first-order chi connectivity index (χ1) is 12.7. The van der Waals surface area contributed by atoms with Gasteiger partial charge in [0.2, 0.25) is 5.91 Å². The molecule has 0 aromatic carbocycles. The molecule has 2 aliphatic heterocycles. The van der Waals surface area contributed by atoms with Gasteiger partial charge in [0.05, 0.1) is 17.8 Å². The van der Waals surface area contributed by atoms with Crippen molar-refractivity contribution >= 4 is 23.2 Å². The lowest BCUT2D eigenvalue weighted by molar-refractivity contribution is -0.153. The number of carbonyl (C=O) groups excluding carboxylic acids is 2. The minimum Gasteiger partial charge on any atom is -0.365 e. The van der Waals surface area contributed by atoms with Crippen LogP contribution >= 0.6 is 11.3 Å². The Bertz CT molecular complexity index is 626. The normalized spacial score (nSPS) is 25.9. The van der Waals surface area contributed by atoms with Gasteiger partial charge >= 0.3 is 0 Å². The summed E-state index contributed by atoms with van der Waals surface area (Å²) in [6, 6.07) is 1.09. The summed E-state index contributed by atoms with van der Waals surface area (Å²) < 4.78 is 5.64. The number of thiazole rings is 1. The second-order valence-corrected chi connectivity index (χ2v) is 8.29. The molecule has 26 heavy (non-hydrogen) atoms. The van der Waals surface area contributed by atoms with E-state index in [0.717, 1.165) is 32.0 Å². The smallest absolute Gasteiger partial charge is 0.263 e. The van der Waals surface area contributed by atoms with Crippen molar-refractivity contribution in [3.8, 4) is 0 Å². The van der Waals surface area contributed by atoms with E-state index in [1.54, 1.807) is 11.7 Å². The van der Waals surface area contributed by atoms with Crippen molar-refractivity contribution in [2.75, 3.05) is 32.8 Å². The van der Waals surface area contributed by atoms with Gasteiger partial charge in [-0.05, 0) is 25.7 Å². The highest BCUT2D eigenvalue weighted by molar-refractivity contribution is 7.11. The van der Waals surface area contributed by atoms with E-state index in [-0.39, 0.29) is 24.5 Å². The second-order valence-electron chi connectivity index (χ2n) is 7.41. The number of hydrogen-bond donors (Lipinski definition) is 1. The molecule has 0 unspecified atom stereocenters. The van der Waals surface area contributed by atoms with Gasteiger partial charge in [-0.25, -0.2) is 0 Å². The molecule has 1 atom stereocenters. The Labute approximate surface area is 157 Å². The highest BCUT2D eigenvalue weighted by Gasteiger charge is 2.35. The quantitative estimate of drug-likeness (QED) is 0.831. The Hall–Kier alpha value is -1.51. The largest absolute Gasteiger partial charge is 0.365 e. The predicted octanol–water partition coefficient (Wildman–Crippen LogP) is 1.12. The summed E-state index contributed by atoms with van der Waals surface area (Å²) in [6.45, 7) is 3.28. The SMILES string of the molecule is O=C(NC[C@@H]1CN(C2CCN(C3CCC3)CC2)C(=O)CO1)c1cncs1. The molecule has 3 fully saturated rings. The molecule has 2 saturated heterocycles. The first-order valence-electron chi connectivity index (χ1n) is 9.52. The van der Waals surface area contributed by atoms with E-state index in [4.69, 9.17) is 4.74 Å². The van der Waals surface area contributed by atoms with Crippen LogP contribution in [0.3, 0.4) is 0 Å². The lowest BCUT2D eigenvalue weighted by Crippen LogP contribution is -2.57. The maximum Gasteiger partial charge on any atom is 0.263 e. The van der Waals surface area contributed by atoms with Crippen molar-refractivity contribution in [2.45, 2.75) is 50.3 Å². The number of piperidine rings is 1. The molecule has 1 aromatic heterocycles. The molecule has 1 aromatic rings. The number of nitrogens with one attached hydrogen (secondary N) is 1. The zero-order valence-corrected chi connectivity index (χ0v) is 15.7. The molecule has 3 heterocycles. The predicted molar refractivity (Wildman–Crippen MR) is 98.1 cm³/mol. The van der Waals surface area contributed by atoms with Crippen LogP contribution in [-0.2, 0) is 9.53 Å². The summed E-state index contributed by atoms with van der Waals surface area (Å²) in [4.78, 5) is 33.5. The fourth-order valence-corrected chi connectivity index (χ4v) is 4.59. The molecule has 7 nitrogen and oxygen atoms in total. The molecule has 1 aliphatic carbocycles. The molecule has 8 heteroatoms. The Balaban J connectivity index is 1.26. The van der Waals surface area contributed by atoms with Gasteiger partial charge in [-0.2, -0.15) is 0 Å². The summed E-state index contributed by atoms with van der Waals surface area (Å²) in [7, 11) is 0. The van der Waals surface area contributed by atoms with Crippen molar-refractivity contribution < 1.29 is 14.3 Å². The molecule has 1 N–H and O–H groups in total. The van der Waals surface area contributed by atoms with E-state index in [9.17, 15) is 9.59 Å². The first-order valence-corrected chi connectivity index (χ1v) is 10.4. The van der Waals surface area contributed by atoms with E-state index < -0.39 is 0 Å². The summed E-state index contributed by atoms with van der Waals surface area (Å²) in [6.07, 6.45) is 7.54. The Morgan fingerprint density at radius 3 is 2.73 bits per heavy atom. The van der Waals surface area contributed by atoms with Crippen LogP contribution in [0, 0.1) is 0 Å². The van der Waals surface area contributed by atoms with E-state index in [1.165, 1.54) is 30.6 Å². The van der Waals surface area contributed by atoms with E-state index in [0.29, 0.717) is 24.0 Å². The number of hydrogen-bond acceptors (Lipinski definition) is 6. The van der Waals surface area contributed by atoms with Gasteiger partial charge in [0, 0.05) is 38.3 Å². The van der Waals surface area contributed by atoms with Gasteiger partial charge in [0.1, 0.15) is 11.5 Å². The van der Waals surface area contributed by atoms with Crippen molar-refractivity contribution in [2.24, 2.45) is 0 Å². The van der Waals surface area contributed by atoms with E-state index >= 15 is 0 Å². The molecule has 0 bridgehead atoms. The fourth-order valence-electron chi connectivity index (χ4n) is 4.06. The van der Waals surface area contributed by atoms with Gasteiger partial charge in [0.25, 0.3) is 5.91 Å².